The minimum atomic E-state index is -3.74. The summed E-state index contributed by atoms with van der Waals surface area (Å²) >= 11 is 0. The minimum absolute atomic E-state index is 0.0141. The van der Waals surface area contributed by atoms with Gasteiger partial charge in [0.25, 0.3) is 0 Å². The lowest BCUT2D eigenvalue weighted by atomic mass is 10.2. The molecule has 4 rings (SSSR count). The molecule has 0 unspecified atom stereocenters. The topological polar surface area (TPSA) is 109 Å². The molecule has 2 atom stereocenters. The van der Waals surface area contributed by atoms with Crippen LogP contribution in [0.25, 0.3) is 0 Å². The van der Waals surface area contributed by atoms with Gasteiger partial charge in [0.1, 0.15) is 11.6 Å². The van der Waals surface area contributed by atoms with Crippen LogP contribution < -0.4 is 0 Å². The van der Waals surface area contributed by atoms with Crippen LogP contribution in [0.3, 0.4) is 0 Å². The second-order valence-electron chi connectivity index (χ2n) is 6.96. The van der Waals surface area contributed by atoms with Crippen LogP contribution in [-0.4, -0.2) is 46.2 Å². The summed E-state index contributed by atoms with van der Waals surface area (Å²) in [7, 11) is -3.74. The highest BCUT2D eigenvalue weighted by molar-refractivity contribution is 7.90. The van der Waals surface area contributed by atoms with Crippen molar-refractivity contribution >= 4 is 9.84 Å². The van der Waals surface area contributed by atoms with E-state index in [1.165, 1.54) is 12.1 Å². The molecule has 1 saturated heterocycles. The number of aliphatic hydroxyl groups excluding tert-OH is 1. The third kappa shape index (κ3) is 4.50. The molecule has 1 aliphatic rings. The summed E-state index contributed by atoms with van der Waals surface area (Å²) in [5.41, 5.74) is 0.977. The lowest BCUT2D eigenvalue weighted by molar-refractivity contribution is 0.169. The molecule has 3 heterocycles. The Bertz CT molecular complexity index is 1070. The van der Waals surface area contributed by atoms with Crippen molar-refractivity contribution in [3.8, 4) is 0 Å². The van der Waals surface area contributed by atoms with E-state index in [1.54, 1.807) is 12.4 Å². The van der Waals surface area contributed by atoms with Crippen molar-refractivity contribution in [1.82, 2.24) is 20.0 Å². The molecule has 1 fully saturated rings. The number of aliphatic hydroxyl groups is 1. The minimum Gasteiger partial charge on any atom is -0.392 e. The van der Waals surface area contributed by atoms with Gasteiger partial charge in [0.2, 0.25) is 5.89 Å². The Hall–Kier alpha value is -2.69. The fraction of sp³-hybridized carbons (Fsp3) is 0.316. The molecule has 8 nitrogen and oxygen atoms in total. The van der Waals surface area contributed by atoms with Gasteiger partial charge in [-0.1, -0.05) is 11.2 Å². The van der Waals surface area contributed by atoms with Crippen molar-refractivity contribution in [3.05, 3.63) is 71.9 Å². The Balaban J connectivity index is 1.51. The average molecular weight is 418 g/mol. The predicted octanol–water partition coefficient (Wildman–Crippen LogP) is 1.89. The molecule has 0 amide bonds. The van der Waals surface area contributed by atoms with E-state index in [9.17, 15) is 17.9 Å². The number of sulfone groups is 1. The van der Waals surface area contributed by atoms with E-state index in [-0.39, 0.29) is 22.7 Å². The van der Waals surface area contributed by atoms with E-state index in [1.807, 2.05) is 17.0 Å². The number of aromatic nitrogens is 3. The highest BCUT2D eigenvalue weighted by Gasteiger charge is 2.36. The first-order valence-corrected chi connectivity index (χ1v) is 10.7. The normalized spacial score (nSPS) is 20.2. The molecular weight excluding hydrogens is 399 g/mol. The van der Waals surface area contributed by atoms with E-state index >= 15 is 0 Å². The Morgan fingerprint density at radius 1 is 1.24 bits per heavy atom. The average Bonchev–Trinajstić information content (AvgIpc) is 3.28. The predicted molar refractivity (Wildman–Crippen MR) is 99.6 cm³/mol. The maximum atomic E-state index is 13.0. The molecule has 3 aromatic rings. The van der Waals surface area contributed by atoms with Gasteiger partial charge < -0.3 is 9.63 Å². The lowest BCUT2D eigenvalue weighted by Gasteiger charge is -2.20. The van der Waals surface area contributed by atoms with Crippen molar-refractivity contribution in [1.29, 1.82) is 0 Å². The lowest BCUT2D eigenvalue weighted by Crippen LogP contribution is -2.24. The van der Waals surface area contributed by atoms with Gasteiger partial charge in [0.15, 0.2) is 15.7 Å². The molecule has 0 saturated carbocycles. The van der Waals surface area contributed by atoms with Gasteiger partial charge in [-0.3, -0.25) is 9.88 Å². The Kier molecular flexibility index (Phi) is 5.39. The molecule has 1 aliphatic heterocycles. The maximum Gasteiger partial charge on any atom is 0.244 e. The highest BCUT2D eigenvalue weighted by Crippen LogP contribution is 2.32. The van der Waals surface area contributed by atoms with Gasteiger partial charge in [0.05, 0.1) is 17.0 Å². The number of rotatable bonds is 6. The summed E-state index contributed by atoms with van der Waals surface area (Å²) in [5, 5.41) is 13.9. The maximum absolute atomic E-state index is 13.0. The van der Waals surface area contributed by atoms with Crippen LogP contribution in [0.5, 0.6) is 0 Å². The summed E-state index contributed by atoms with van der Waals surface area (Å²) in [6, 6.07) is 8.03. The standard InChI is InChI=1S/C19H19FN4O4S/c20-14-3-5-16(6-4-14)29(26,27)12-18-22-19(28-23-18)17-8-15(25)11-24(17)10-13-2-1-7-21-9-13/h1-7,9,15,17,25H,8,10-12H2/t15-,17+/m1/s1. The zero-order valence-corrected chi connectivity index (χ0v) is 16.2. The number of hydrogen-bond acceptors (Lipinski definition) is 8. The number of hydrogen-bond donors (Lipinski definition) is 1. The van der Waals surface area contributed by atoms with Crippen LogP contribution in [0, 0.1) is 5.82 Å². The summed E-state index contributed by atoms with van der Waals surface area (Å²) in [4.78, 5) is 10.3. The van der Waals surface area contributed by atoms with Gasteiger partial charge in [0, 0.05) is 25.5 Å². The zero-order chi connectivity index (χ0) is 20.4. The van der Waals surface area contributed by atoms with Gasteiger partial charge in [-0.05, 0) is 42.3 Å². The third-order valence-electron chi connectivity index (χ3n) is 4.75. The monoisotopic (exact) mass is 418 g/mol. The SMILES string of the molecule is O=S(=O)(Cc1noc([C@@H]2C[C@@H](O)CN2Cc2cccnc2)n1)c1ccc(F)cc1. The summed E-state index contributed by atoms with van der Waals surface area (Å²) in [5.74, 6) is -0.693. The fourth-order valence-corrected chi connectivity index (χ4v) is 4.57. The Morgan fingerprint density at radius 3 is 2.76 bits per heavy atom. The fourth-order valence-electron chi connectivity index (χ4n) is 3.39. The van der Waals surface area contributed by atoms with Crippen molar-refractivity contribution < 1.29 is 22.4 Å². The molecule has 29 heavy (non-hydrogen) atoms. The summed E-state index contributed by atoms with van der Waals surface area (Å²) < 4.78 is 43.3. The third-order valence-corrected chi connectivity index (χ3v) is 6.38. The van der Waals surface area contributed by atoms with E-state index in [2.05, 4.69) is 15.1 Å². The molecule has 0 bridgehead atoms. The number of nitrogens with zero attached hydrogens (tertiary/aromatic N) is 4. The Morgan fingerprint density at radius 2 is 2.03 bits per heavy atom. The second kappa shape index (κ2) is 7.97. The number of halogens is 1. The molecule has 0 aliphatic carbocycles. The van der Waals surface area contributed by atoms with Crippen molar-refractivity contribution in [2.75, 3.05) is 6.54 Å². The van der Waals surface area contributed by atoms with Crippen molar-refractivity contribution in [2.45, 2.75) is 35.8 Å². The Labute approximate surface area is 166 Å². The first kappa shape index (κ1) is 19.6. The first-order valence-electron chi connectivity index (χ1n) is 9.02. The second-order valence-corrected chi connectivity index (χ2v) is 8.95. The van der Waals surface area contributed by atoms with E-state index in [4.69, 9.17) is 4.52 Å². The summed E-state index contributed by atoms with van der Waals surface area (Å²) in [6.07, 6.45) is 3.30. The van der Waals surface area contributed by atoms with Gasteiger partial charge >= 0.3 is 0 Å². The molecule has 1 aromatic carbocycles. The van der Waals surface area contributed by atoms with E-state index in [0.29, 0.717) is 19.5 Å². The number of likely N-dealkylation sites (tertiary alicyclic amines) is 1. The molecule has 2 aromatic heterocycles. The van der Waals surface area contributed by atoms with Crippen LogP contribution >= 0.6 is 0 Å². The summed E-state index contributed by atoms with van der Waals surface area (Å²) in [6.45, 7) is 0.978. The van der Waals surface area contributed by atoms with Crippen LogP contribution in [0.2, 0.25) is 0 Å². The number of benzene rings is 1. The highest BCUT2D eigenvalue weighted by atomic mass is 32.2. The van der Waals surface area contributed by atoms with Crippen LogP contribution in [0.1, 0.15) is 29.7 Å². The molecular formula is C19H19FN4O4S. The van der Waals surface area contributed by atoms with E-state index < -0.39 is 27.5 Å². The van der Waals surface area contributed by atoms with Gasteiger partial charge in [-0.25, -0.2) is 12.8 Å². The number of β-amino-alcohol motifs (C(OH)–C–C–N with tert-alkyl or cyclic N) is 1. The van der Waals surface area contributed by atoms with Crippen LogP contribution in [-0.2, 0) is 22.1 Å². The van der Waals surface area contributed by atoms with Crippen LogP contribution in [0.4, 0.5) is 4.39 Å². The molecule has 10 heteroatoms. The van der Waals surface area contributed by atoms with E-state index in [0.717, 1.165) is 17.7 Å². The first-order chi connectivity index (χ1) is 13.9. The van der Waals surface area contributed by atoms with Gasteiger partial charge in [-0.2, -0.15) is 4.98 Å². The molecule has 0 radical (unpaired) electrons. The largest absolute Gasteiger partial charge is 0.392 e. The van der Waals surface area contributed by atoms with Gasteiger partial charge in [-0.15, -0.1) is 0 Å². The quantitative estimate of drug-likeness (QED) is 0.605. The molecule has 0 spiro atoms. The van der Waals surface area contributed by atoms with Crippen LogP contribution in [0.15, 0.2) is 58.2 Å². The smallest absolute Gasteiger partial charge is 0.244 e. The number of pyridine rings is 1. The van der Waals surface area contributed by atoms with Crippen molar-refractivity contribution in [3.63, 3.8) is 0 Å². The van der Waals surface area contributed by atoms with Crippen molar-refractivity contribution in [2.24, 2.45) is 0 Å². The zero-order valence-electron chi connectivity index (χ0n) is 15.3. The molecule has 152 valence electrons. The molecule has 1 N–H and O–H groups in total.